The highest BCUT2D eigenvalue weighted by atomic mass is 16.5. The Balaban J connectivity index is 2.56. The Kier molecular flexibility index (Phi) is 2.48. The Labute approximate surface area is 85.5 Å². The number of rotatable bonds is 3. The molecule has 3 N–H and O–H groups in total. The summed E-state index contributed by atoms with van der Waals surface area (Å²) in [5, 5.41) is 13.0. The second-order valence-electron chi connectivity index (χ2n) is 2.99. The van der Waals surface area contributed by atoms with Crippen molar-refractivity contribution in [2.75, 3.05) is 13.7 Å². The molecule has 0 aromatic carbocycles. The molecule has 0 aliphatic carbocycles. The fourth-order valence-corrected chi connectivity index (χ4v) is 1.24. The molecule has 2 rings (SSSR count). The van der Waals surface area contributed by atoms with Crippen LogP contribution in [0.15, 0.2) is 12.4 Å². The molecule has 7 heteroatoms. The molecule has 2 aromatic heterocycles. The summed E-state index contributed by atoms with van der Waals surface area (Å²) in [5.41, 5.74) is 6.87. The van der Waals surface area contributed by atoms with Gasteiger partial charge in [-0.3, -0.25) is 0 Å². The van der Waals surface area contributed by atoms with Crippen LogP contribution in [0.4, 0.5) is 0 Å². The molecule has 0 fully saturated rings. The number of aliphatic hydroxyl groups is 1. The zero-order valence-corrected chi connectivity index (χ0v) is 8.16. The topological polar surface area (TPSA) is 98.6 Å². The third-order valence-corrected chi connectivity index (χ3v) is 2.03. The highest BCUT2D eigenvalue weighted by Gasteiger charge is 2.12. The van der Waals surface area contributed by atoms with Crippen LogP contribution in [-0.4, -0.2) is 38.4 Å². The maximum Gasteiger partial charge on any atom is 0.334 e. The predicted molar refractivity (Wildman–Crippen MR) is 51.3 cm³/mol. The summed E-state index contributed by atoms with van der Waals surface area (Å²) in [7, 11) is 1.48. The first-order valence-electron chi connectivity index (χ1n) is 4.37. The Bertz CT molecular complexity index is 469. The third-order valence-electron chi connectivity index (χ3n) is 2.03. The number of aliphatic hydroxyl groups excluding tert-OH is 1. The number of hydrogen-bond acceptors (Lipinski definition) is 6. The number of nitrogens with zero attached hydrogens (tertiary/aromatic N) is 4. The molecule has 80 valence electrons. The van der Waals surface area contributed by atoms with E-state index in [0.29, 0.717) is 11.3 Å². The summed E-state index contributed by atoms with van der Waals surface area (Å²) >= 11 is 0. The monoisotopic (exact) mass is 209 g/mol. The lowest BCUT2D eigenvalue weighted by atomic mass is 10.2. The molecule has 0 radical (unpaired) electrons. The minimum atomic E-state index is -0.514. The molecular formula is C8H11N5O2. The number of imidazole rings is 1. The zero-order chi connectivity index (χ0) is 10.8. The van der Waals surface area contributed by atoms with E-state index in [1.807, 2.05) is 0 Å². The van der Waals surface area contributed by atoms with E-state index in [-0.39, 0.29) is 12.6 Å². The van der Waals surface area contributed by atoms with Gasteiger partial charge >= 0.3 is 6.01 Å². The number of methoxy groups -OCH3 is 1. The van der Waals surface area contributed by atoms with E-state index >= 15 is 0 Å². The molecule has 0 bridgehead atoms. The lowest BCUT2D eigenvalue weighted by Gasteiger charge is -2.06. The van der Waals surface area contributed by atoms with Gasteiger partial charge < -0.3 is 15.6 Å². The van der Waals surface area contributed by atoms with Crippen molar-refractivity contribution in [2.24, 2.45) is 5.73 Å². The van der Waals surface area contributed by atoms with Gasteiger partial charge in [0.1, 0.15) is 0 Å². The molecule has 1 unspecified atom stereocenters. The third kappa shape index (κ3) is 1.62. The Morgan fingerprint density at radius 3 is 3.00 bits per heavy atom. The number of aromatic nitrogens is 4. The molecule has 0 aliphatic heterocycles. The Morgan fingerprint density at radius 2 is 2.33 bits per heavy atom. The molecule has 2 aromatic rings. The second-order valence-corrected chi connectivity index (χ2v) is 2.99. The zero-order valence-electron chi connectivity index (χ0n) is 8.16. The van der Waals surface area contributed by atoms with Crippen LogP contribution in [0.25, 0.3) is 5.65 Å². The molecule has 2 heterocycles. The Morgan fingerprint density at radius 1 is 1.53 bits per heavy atom. The average molecular weight is 209 g/mol. The van der Waals surface area contributed by atoms with Crippen LogP contribution in [0, 0.1) is 0 Å². The van der Waals surface area contributed by atoms with Crippen LogP contribution in [-0.2, 0) is 0 Å². The first-order chi connectivity index (χ1) is 7.26. The highest BCUT2D eigenvalue weighted by Crippen LogP contribution is 2.12. The first-order valence-corrected chi connectivity index (χ1v) is 4.37. The van der Waals surface area contributed by atoms with E-state index < -0.39 is 6.04 Å². The van der Waals surface area contributed by atoms with Crippen LogP contribution in [0.5, 0.6) is 6.01 Å². The largest absolute Gasteiger partial charge is 0.466 e. The Hall–Kier alpha value is -1.73. The van der Waals surface area contributed by atoms with Crippen molar-refractivity contribution in [2.45, 2.75) is 6.04 Å². The minimum absolute atomic E-state index is 0.167. The quantitative estimate of drug-likeness (QED) is 0.681. The molecule has 0 aliphatic rings. The van der Waals surface area contributed by atoms with Crippen molar-refractivity contribution in [3.63, 3.8) is 0 Å². The smallest absolute Gasteiger partial charge is 0.334 e. The maximum atomic E-state index is 8.95. The number of fused-ring (bicyclic) bond motifs is 1. The van der Waals surface area contributed by atoms with Gasteiger partial charge in [0.2, 0.25) is 0 Å². The predicted octanol–water partition coefficient (Wildman–Crippen LogP) is -0.875. The summed E-state index contributed by atoms with van der Waals surface area (Å²) in [5.74, 6) is 0. The normalized spacial score (nSPS) is 13.0. The fraction of sp³-hybridized carbons (Fsp3) is 0.375. The van der Waals surface area contributed by atoms with Gasteiger partial charge in [-0.15, -0.1) is 5.10 Å². The number of nitrogens with two attached hydrogens (primary N) is 1. The van der Waals surface area contributed by atoms with E-state index in [1.165, 1.54) is 17.8 Å². The van der Waals surface area contributed by atoms with E-state index in [1.54, 1.807) is 6.20 Å². The summed E-state index contributed by atoms with van der Waals surface area (Å²) in [6.45, 7) is -0.167. The van der Waals surface area contributed by atoms with Crippen LogP contribution < -0.4 is 10.5 Å². The molecule has 0 saturated heterocycles. The van der Waals surface area contributed by atoms with Gasteiger partial charge in [0.25, 0.3) is 0 Å². The standard InChI is InChI=1S/C8H11N5O2/c1-15-8-11-3-7-10-2-6(5(9)4-14)13(7)12-8/h2-3,5,14H,4,9H2,1H3. The van der Waals surface area contributed by atoms with Crippen LogP contribution >= 0.6 is 0 Å². The molecule has 0 amide bonds. The lowest BCUT2D eigenvalue weighted by molar-refractivity contribution is 0.264. The molecule has 0 saturated carbocycles. The minimum Gasteiger partial charge on any atom is -0.466 e. The summed E-state index contributed by atoms with van der Waals surface area (Å²) in [4.78, 5) is 7.96. The highest BCUT2D eigenvalue weighted by molar-refractivity contribution is 5.36. The molecule has 15 heavy (non-hydrogen) atoms. The molecule has 0 spiro atoms. The van der Waals surface area contributed by atoms with Gasteiger partial charge in [0.15, 0.2) is 5.65 Å². The first kappa shape index (κ1) is 9.81. The van der Waals surface area contributed by atoms with Gasteiger partial charge in [-0.25, -0.2) is 9.50 Å². The fourth-order valence-electron chi connectivity index (χ4n) is 1.24. The van der Waals surface area contributed by atoms with Gasteiger partial charge in [-0.2, -0.15) is 4.98 Å². The van der Waals surface area contributed by atoms with E-state index in [9.17, 15) is 0 Å². The van der Waals surface area contributed by atoms with E-state index in [0.717, 1.165) is 0 Å². The molecular weight excluding hydrogens is 198 g/mol. The average Bonchev–Trinajstić information content (AvgIpc) is 2.70. The van der Waals surface area contributed by atoms with Crippen LogP contribution in [0.1, 0.15) is 11.7 Å². The van der Waals surface area contributed by atoms with Gasteiger partial charge in [-0.1, -0.05) is 0 Å². The van der Waals surface area contributed by atoms with Gasteiger partial charge in [0.05, 0.1) is 37.8 Å². The van der Waals surface area contributed by atoms with Crippen molar-refractivity contribution in [3.05, 3.63) is 18.1 Å². The summed E-state index contributed by atoms with van der Waals surface area (Å²) < 4.78 is 6.39. The van der Waals surface area contributed by atoms with Crippen molar-refractivity contribution in [1.82, 2.24) is 19.6 Å². The maximum absolute atomic E-state index is 8.95. The molecule has 1 atom stereocenters. The molecule has 7 nitrogen and oxygen atoms in total. The van der Waals surface area contributed by atoms with E-state index in [2.05, 4.69) is 15.1 Å². The van der Waals surface area contributed by atoms with Crippen molar-refractivity contribution < 1.29 is 9.84 Å². The van der Waals surface area contributed by atoms with Gasteiger partial charge in [0, 0.05) is 0 Å². The van der Waals surface area contributed by atoms with Crippen molar-refractivity contribution in [3.8, 4) is 6.01 Å². The summed E-state index contributed by atoms with van der Waals surface area (Å²) in [6, 6.07) is -0.286. The van der Waals surface area contributed by atoms with Crippen molar-refractivity contribution >= 4 is 5.65 Å². The number of ether oxygens (including phenoxy) is 1. The van der Waals surface area contributed by atoms with Crippen LogP contribution in [0.3, 0.4) is 0 Å². The van der Waals surface area contributed by atoms with Crippen molar-refractivity contribution in [1.29, 1.82) is 0 Å². The van der Waals surface area contributed by atoms with E-state index in [4.69, 9.17) is 15.6 Å². The number of hydrogen-bond donors (Lipinski definition) is 2. The second kappa shape index (κ2) is 3.79. The lowest BCUT2D eigenvalue weighted by Crippen LogP contribution is -2.17. The van der Waals surface area contributed by atoms with Crippen LogP contribution in [0.2, 0.25) is 0 Å². The summed E-state index contributed by atoms with van der Waals surface area (Å²) in [6.07, 6.45) is 3.09. The van der Waals surface area contributed by atoms with Gasteiger partial charge in [-0.05, 0) is 0 Å². The SMILES string of the molecule is COc1ncc2ncc(C(N)CO)n2n1.